The van der Waals surface area contributed by atoms with Crippen LogP contribution in [0.3, 0.4) is 0 Å². The Balaban J connectivity index is 2.15. The van der Waals surface area contributed by atoms with Crippen molar-refractivity contribution < 1.29 is 0 Å². The zero-order valence-electron chi connectivity index (χ0n) is 12.1. The number of aryl methyl sites for hydroxylation is 2. The molecule has 2 rings (SSSR count). The highest BCUT2D eigenvalue weighted by molar-refractivity contribution is 9.10. The van der Waals surface area contributed by atoms with E-state index in [0.29, 0.717) is 4.83 Å². The van der Waals surface area contributed by atoms with Gasteiger partial charge < -0.3 is 0 Å². The molecule has 1 aromatic rings. The molecule has 108 valence electrons. The summed E-state index contributed by atoms with van der Waals surface area (Å²) in [5.41, 5.74) is 2.50. The minimum atomic E-state index is 0.669. The van der Waals surface area contributed by atoms with Crippen LogP contribution in [-0.2, 0) is 13.0 Å². The molecule has 1 aromatic heterocycles. The van der Waals surface area contributed by atoms with E-state index in [1.54, 1.807) is 0 Å². The smallest absolute Gasteiger partial charge is 0.0738 e. The van der Waals surface area contributed by atoms with Crippen molar-refractivity contribution in [2.75, 3.05) is 0 Å². The van der Waals surface area contributed by atoms with E-state index >= 15 is 0 Å². The summed E-state index contributed by atoms with van der Waals surface area (Å²) in [6, 6.07) is 0. The van der Waals surface area contributed by atoms with Gasteiger partial charge in [0.25, 0.3) is 0 Å². The summed E-state index contributed by atoms with van der Waals surface area (Å²) in [4.78, 5) is 0.669. The molecule has 4 heteroatoms. The summed E-state index contributed by atoms with van der Waals surface area (Å²) in [5.74, 6) is 1.66. The summed E-state index contributed by atoms with van der Waals surface area (Å²) < 4.78 is 3.38. The molecular weight excluding hydrogens is 368 g/mol. The van der Waals surface area contributed by atoms with Crippen LogP contribution in [0.4, 0.5) is 0 Å². The molecule has 1 aliphatic rings. The lowest BCUT2D eigenvalue weighted by molar-refractivity contribution is 0.267. The van der Waals surface area contributed by atoms with Crippen molar-refractivity contribution in [2.45, 2.75) is 64.2 Å². The van der Waals surface area contributed by atoms with Crippen LogP contribution in [0.5, 0.6) is 0 Å². The average Bonchev–Trinajstić information content (AvgIpc) is 2.68. The first-order valence-corrected chi connectivity index (χ1v) is 9.13. The molecule has 1 fully saturated rings. The summed E-state index contributed by atoms with van der Waals surface area (Å²) in [5, 5.41) is 4.61. The number of nitrogens with zero attached hydrogens (tertiary/aromatic N) is 2. The van der Waals surface area contributed by atoms with E-state index in [2.05, 4.69) is 62.4 Å². The second-order valence-electron chi connectivity index (χ2n) is 5.73. The van der Waals surface area contributed by atoms with E-state index in [4.69, 9.17) is 0 Å². The van der Waals surface area contributed by atoms with Crippen molar-refractivity contribution in [1.29, 1.82) is 0 Å². The first-order valence-electron chi connectivity index (χ1n) is 7.42. The summed E-state index contributed by atoms with van der Waals surface area (Å²) in [7, 11) is 0. The van der Waals surface area contributed by atoms with Crippen molar-refractivity contribution in [3.63, 3.8) is 0 Å². The number of rotatable bonds is 4. The standard InChI is InChI=1S/C15H24Br2N2/c1-4-11-6-7-13(16)12(8-11)9-14-15(17)10(3)18-19(14)5-2/h11-13H,4-9H2,1-3H3. The Morgan fingerprint density at radius 3 is 2.68 bits per heavy atom. The lowest BCUT2D eigenvalue weighted by atomic mass is 9.78. The van der Waals surface area contributed by atoms with E-state index in [9.17, 15) is 0 Å². The van der Waals surface area contributed by atoms with E-state index in [1.165, 1.54) is 35.8 Å². The Kier molecular flexibility index (Phi) is 5.53. The van der Waals surface area contributed by atoms with Crippen LogP contribution >= 0.6 is 31.9 Å². The van der Waals surface area contributed by atoms with Gasteiger partial charge in [0.2, 0.25) is 0 Å². The number of halogens is 2. The molecule has 3 unspecified atom stereocenters. The molecule has 3 atom stereocenters. The predicted octanol–water partition coefficient (Wildman–Crippen LogP) is 5.11. The molecular formula is C15H24Br2N2. The third-order valence-electron chi connectivity index (χ3n) is 4.48. The molecule has 0 saturated heterocycles. The SMILES string of the molecule is CCC1CCC(Br)C(Cc2c(Br)c(C)nn2CC)C1. The second-order valence-corrected chi connectivity index (χ2v) is 7.70. The summed E-state index contributed by atoms with van der Waals surface area (Å²) in [6.45, 7) is 7.54. The molecule has 0 bridgehead atoms. The van der Waals surface area contributed by atoms with Gasteiger partial charge in [-0.15, -0.1) is 0 Å². The molecule has 1 heterocycles. The molecule has 0 aliphatic heterocycles. The fourth-order valence-electron chi connectivity index (χ4n) is 3.22. The fraction of sp³-hybridized carbons (Fsp3) is 0.800. The number of alkyl halides is 1. The first kappa shape index (κ1) is 15.6. The van der Waals surface area contributed by atoms with Crippen LogP contribution in [0, 0.1) is 18.8 Å². The van der Waals surface area contributed by atoms with Crippen molar-refractivity contribution in [2.24, 2.45) is 11.8 Å². The van der Waals surface area contributed by atoms with E-state index in [-0.39, 0.29) is 0 Å². The van der Waals surface area contributed by atoms with Gasteiger partial charge in [0.15, 0.2) is 0 Å². The Morgan fingerprint density at radius 2 is 2.05 bits per heavy atom. The fourth-order valence-corrected chi connectivity index (χ4v) is 4.33. The zero-order chi connectivity index (χ0) is 14.0. The van der Waals surface area contributed by atoms with Gasteiger partial charge in [-0.3, -0.25) is 4.68 Å². The van der Waals surface area contributed by atoms with Gasteiger partial charge >= 0.3 is 0 Å². The maximum absolute atomic E-state index is 4.61. The second kappa shape index (κ2) is 6.75. The Morgan fingerprint density at radius 1 is 1.32 bits per heavy atom. The van der Waals surface area contributed by atoms with Gasteiger partial charge in [-0.2, -0.15) is 5.10 Å². The summed E-state index contributed by atoms with van der Waals surface area (Å²) in [6.07, 6.45) is 6.52. The van der Waals surface area contributed by atoms with Crippen molar-refractivity contribution in [3.05, 3.63) is 15.9 Å². The molecule has 2 nitrogen and oxygen atoms in total. The highest BCUT2D eigenvalue weighted by Crippen LogP contribution is 2.38. The van der Waals surface area contributed by atoms with Crippen LogP contribution in [0.15, 0.2) is 4.47 Å². The van der Waals surface area contributed by atoms with Crippen molar-refractivity contribution >= 4 is 31.9 Å². The molecule has 19 heavy (non-hydrogen) atoms. The van der Waals surface area contributed by atoms with E-state index in [0.717, 1.165) is 30.5 Å². The minimum Gasteiger partial charge on any atom is -0.268 e. The van der Waals surface area contributed by atoms with Crippen LogP contribution in [-0.4, -0.2) is 14.6 Å². The zero-order valence-corrected chi connectivity index (χ0v) is 15.3. The van der Waals surface area contributed by atoms with E-state index in [1.807, 2.05) is 0 Å². The Bertz CT molecular complexity index is 428. The maximum Gasteiger partial charge on any atom is 0.0738 e. The van der Waals surface area contributed by atoms with Gasteiger partial charge in [-0.25, -0.2) is 0 Å². The highest BCUT2D eigenvalue weighted by atomic mass is 79.9. The number of hydrogen-bond donors (Lipinski definition) is 0. The minimum absolute atomic E-state index is 0.669. The molecule has 1 aliphatic carbocycles. The topological polar surface area (TPSA) is 17.8 Å². The highest BCUT2D eigenvalue weighted by Gasteiger charge is 2.29. The molecule has 0 radical (unpaired) electrons. The largest absolute Gasteiger partial charge is 0.268 e. The van der Waals surface area contributed by atoms with Gasteiger partial charge in [0.05, 0.1) is 15.9 Å². The molecule has 0 N–H and O–H groups in total. The van der Waals surface area contributed by atoms with Crippen molar-refractivity contribution in [1.82, 2.24) is 9.78 Å². The molecule has 0 spiro atoms. The Hall–Kier alpha value is 0.170. The monoisotopic (exact) mass is 390 g/mol. The lowest BCUT2D eigenvalue weighted by Gasteiger charge is -2.33. The van der Waals surface area contributed by atoms with Gasteiger partial charge in [0.1, 0.15) is 0 Å². The number of aromatic nitrogens is 2. The van der Waals surface area contributed by atoms with E-state index < -0.39 is 0 Å². The van der Waals surface area contributed by atoms with Crippen LogP contribution < -0.4 is 0 Å². The third-order valence-corrected chi connectivity index (χ3v) is 6.72. The van der Waals surface area contributed by atoms with Gasteiger partial charge in [-0.1, -0.05) is 29.3 Å². The lowest BCUT2D eigenvalue weighted by Crippen LogP contribution is -2.27. The Labute approximate surface area is 133 Å². The predicted molar refractivity (Wildman–Crippen MR) is 87.9 cm³/mol. The quantitative estimate of drug-likeness (QED) is 0.652. The molecule has 0 amide bonds. The first-order chi connectivity index (χ1) is 9.06. The molecule has 1 saturated carbocycles. The third kappa shape index (κ3) is 3.44. The molecule has 0 aromatic carbocycles. The van der Waals surface area contributed by atoms with Gasteiger partial charge in [-0.05, 0) is 67.3 Å². The van der Waals surface area contributed by atoms with Crippen molar-refractivity contribution in [3.8, 4) is 0 Å². The average molecular weight is 392 g/mol. The normalized spacial score (nSPS) is 27.7. The van der Waals surface area contributed by atoms with Crippen LogP contribution in [0.25, 0.3) is 0 Å². The van der Waals surface area contributed by atoms with Crippen LogP contribution in [0.1, 0.15) is 50.9 Å². The van der Waals surface area contributed by atoms with Crippen LogP contribution in [0.2, 0.25) is 0 Å². The van der Waals surface area contributed by atoms with Gasteiger partial charge in [0, 0.05) is 11.4 Å². The summed E-state index contributed by atoms with van der Waals surface area (Å²) >= 11 is 7.62. The maximum atomic E-state index is 4.61. The number of hydrogen-bond acceptors (Lipinski definition) is 1.